The van der Waals surface area contributed by atoms with Crippen LogP contribution in [0.4, 0.5) is 10.2 Å². The number of aromatic amines is 1. The molecule has 3 heterocycles. The fourth-order valence-corrected chi connectivity index (χ4v) is 3.56. The van der Waals surface area contributed by atoms with Crippen LogP contribution in [0.2, 0.25) is 0 Å². The Morgan fingerprint density at radius 3 is 2.67 bits per heavy atom. The van der Waals surface area contributed by atoms with Gasteiger partial charge >= 0.3 is 0 Å². The molecule has 152 valence electrons. The van der Waals surface area contributed by atoms with Gasteiger partial charge in [-0.2, -0.15) is 9.78 Å². The lowest BCUT2D eigenvalue weighted by Gasteiger charge is -2.09. The Bertz CT molecular complexity index is 1260. The molecule has 2 N–H and O–H groups in total. The first-order chi connectivity index (χ1) is 14.4. The highest BCUT2D eigenvalue weighted by atomic mass is 32.1. The molecular formula is C21H18FN5O2S. The van der Waals surface area contributed by atoms with E-state index in [1.807, 2.05) is 17.5 Å². The Labute approximate surface area is 175 Å². The Balaban J connectivity index is 1.70. The number of hydrogen-bond donors (Lipinski definition) is 2. The maximum Gasteiger partial charge on any atom is 0.255 e. The molecule has 0 saturated carbocycles. The van der Waals surface area contributed by atoms with Crippen LogP contribution in [0.5, 0.6) is 0 Å². The van der Waals surface area contributed by atoms with Crippen LogP contribution in [0, 0.1) is 19.7 Å². The first kappa shape index (κ1) is 19.7. The summed E-state index contributed by atoms with van der Waals surface area (Å²) in [7, 11) is 0. The van der Waals surface area contributed by atoms with E-state index >= 15 is 0 Å². The minimum absolute atomic E-state index is 0.0661. The van der Waals surface area contributed by atoms with E-state index in [1.165, 1.54) is 28.2 Å². The molecule has 0 bridgehead atoms. The number of thiophene rings is 1. The Hall–Kier alpha value is -3.59. The predicted octanol–water partition coefficient (Wildman–Crippen LogP) is 3.62. The van der Waals surface area contributed by atoms with Gasteiger partial charge in [-0.25, -0.2) is 9.37 Å². The van der Waals surface area contributed by atoms with Gasteiger partial charge in [-0.3, -0.25) is 14.6 Å². The quantitative estimate of drug-likeness (QED) is 0.513. The number of aryl methyl sites for hydroxylation is 1. The Morgan fingerprint density at radius 2 is 2.00 bits per heavy atom. The molecule has 7 nitrogen and oxygen atoms in total. The minimum Gasteiger partial charge on any atom is -0.310 e. The number of rotatable bonds is 5. The highest BCUT2D eigenvalue weighted by Gasteiger charge is 2.17. The SMILES string of the molecule is Cc1nc(-n2nc(-c3cccs3)cc2NC(=O)Cc2ccc(F)cc2)[nH]c(=O)c1C. The summed E-state index contributed by atoms with van der Waals surface area (Å²) in [5.74, 6) is -0.0748. The standard InChI is InChI=1S/C21H18FN5O2S/c1-12-13(2)23-21(25-20(12)29)27-18(11-16(26-27)17-4-3-9-30-17)24-19(28)10-14-5-7-15(22)8-6-14/h3-9,11H,10H2,1-2H3,(H,24,28)(H,23,25,29). The lowest BCUT2D eigenvalue weighted by Crippen LogP contribution is -2.21. The van der Waals surface area contributed by atoms with Crippen LogP contribution in [-0.2, 0) is 11.2 Å². The van der Waals surface area contributed by atoms with E-state index in [0.717, 1.165) is 4.88 Å². The van der Waals surface area contributed by atoms with Gasteiger partial charge in [0.05, 0.1) is 11.3 Å². The van der Waals surface area contributed by atoms with E-state index in [0.29, 0.717) is 28.3 Å². The molecule has 0 radical (unpaired) electrons. The molecule has 1 aromatic carbocycles. The van der Waals surface area contributed by atoms with Crippen molar-refractivity contribution in [3.05, 3.63) is 80.8 Å². The molecule has 3 aromatic heterocycles. The van der Waals surface area contributed by atoms with Crippen molar-refractivity contribution in [1.82, 2.24) is 19.7 Å². The minimum atomic E-state index is -0.359. The summed E-state index contributed by atoms with van der Waals surface area (Å²) < 4.78 is 14.5. The van der Waals surface area contributed by atoms with Crippen molar-refractivity contribution in [3.8, 4) is 16.5 Å². The number of anilines is 1. The number of nitrogens with one attached hydrogen (secondary N) is 2. The lowest BCUT2D eigenvalue weighted by molar-refractivity contribution is -0.115. The molecule has 4 aromatic rings. The molecule has 4 rings (SSSR count). The van der Waals surface area contributed by atoms with E-state index in [2.05, 4.69) is 20.4 Å². The molecule has 0 aliphatic heterocycles. The summed E-state index contributed by atoms with van der Waals surface area (Å²) in [6, 6.07) is 11.3. The van der Waals surface area contributed by atoms with E-state index in [4.69, 9.17) is 0 Å². The predicted molar refractivity (Wildman–Crippen MR) is 114 cm³/mol. The number of hydrogen-bond acceptors (Lipinski definition) is 5. The zero-order valence-corrected chi connectivity index (χ0v) is 17.1. The smallest absolute Gasteiger partial charge is 0.255 e. The fraction of sp³-hybridized carbons (Fsp3) is 0.143. The van der Waals surface area contributed by atoms with Gasteiger partial charge in [0.1, 0.15) is 17.3 Å². The molecular weight excluding hydrogens is 405 g/mol. The summed E-state index contributed by atoms with van der Waals surface area (Å²) >= 11 is 1.51. The number of amides is 1. The average molecular weight is 423 g/mol. The molecule has 0 spiro atoms. The van der Waals surface area contributed by atoms with Crippen molar-refractivity contribution >= 4 is 23.1 Å². The van der Waals surface area contributed by atoms with E-state index in [9.17, 15) is 14.0 Å². The maximum atomic E-state index is 13.1. The van der Waals surface area contributed by atoms with Crippen molar-refractivity contribution in [1.29, 1.82) is 0 Å². The number of aromatic nitrogens is 4. The van der Waals surface area contributed by atoms with Gasteiger partial charge in [0, 0.05) is 17.3 Å². The first-order valence-electron chi connectivity index (χ1n) is 9.17. The van der Waals surface area contributed by atoms with Gasteiger partial charge in [-0.05, 0) is 43.0 Å². The molecule has 30 heavy (non-hydrogen) atoms. The van der Waals surface area contributed by atoms with Crippen molar-refractivity contribution < 1.29 is 9.18 Å². The van der Waals surface area contributed by atoms with Gasteiger partial charge in [-0.15, -0.1) is 11.3 Å². The van der Waals surface area contributed by atoms with Crippen molar-refractivity contribution in [2.24, 2.45) is 0 Å². The summed E-state index contributed by atoms with van der Waals surface area (Å²) in [5.41, 5.74) is 2.14. The highest BCUT2D eigenvalue weighted by Crippen LogP contribution is 2.27. The largest absolute Gasteiger partial charge is 0.310 e. The van der Waals surface area contributed by atoms with E-state index < -0.39 is 0 Å². The number of H-pyrrole nitrogens is 1. The van der Waals surface area contributed by atoms with Gasteiger partial charge in [0.2, 0.25) is 11.9 Å². The lowest BCUT2D eigenvalue weighted by atomic mass is 10.1. The molecule has 0 unspecified atom stereocenters. The van der Waals surface area contributed by atoms with Gasteiger partial charge in [-0.1, -0.05) is 18.2 Å². The Kier molecular flexibility index (Phi) is 5.28. The maximum absolute atomic E-state index is 13.1. The molecule has 9 heteroatoms. The first-order valence-corrected chi connectivity index (χ1v) is 10.0. The van der Waals surface area contributed by atoms with Gasteiger partial charge < -0.3 is 5.32 Å². The monoisotopic (exact) mass is 423 g/mol. The fourth-order valence-electron chi connectivity index (χ4n) is 2.88. The summed E-state index contributed by atoms with van der Waals surface area (Å²) in [4.78, 5) is 32.8. The number of benzene rings is 1. The topological polar surface area (TPSA) is 92.7 Å². The van der Waals surface area contributed by atoms with Crippen molar-refractivity contribution in [2.45, 2.75) is 20.3 Å². The molecule has 0 fully saturated rings. The zero-order valence-electron chi connectivity index (χ0n) is 16.3. The van der Waals surface area contributed by atoms with Crippen LogP contribution in [0.1, 0.15) is 16.8 Å². The third kappa shape index (κ3) is 4.06. The third-order valence-corrected chi connectivity index (χ3v) is 5.50. The van der Waals surface area contributed by atoms with Gasteiger partial charge in [0.25, 0.3) is 5.56 Å². The Morgan fingerprint density at radius 1 is 1.23 bits per heavy atom. The van der Waals surface area contributed by atoms with Crippen LogP contribution in [-0.4, -0.2) is 25.7 Å². The van der Waals surface area contributed by atoms with Crippen LogP contribution in [0.25, 0.3) is 16.5 Å². The van der Waals surface area contributed by atoms with E-state index in [1.54, 1.807) is 32.0 Å². The number of carbonyl (C=O) groups is 1. The van der Waals surface area contributed by atoms with E-state index in [-0.39, 0.29) is 29.7 Å². The molecule has 0 aliphatic carbocycles. The summed E-state index contributed by atoms with van der Waals surface area (Å²) in [6.07, 6.45) is 0.0661. The average Bonchev–Trinajstić information content (AvgIpc) is 3.37. The summed E-state index contributed by atoms with van der Waals surface area (Å²) in [5, 5.41) is 9.28. The second-order valence-electron chi connectivity index (χ2n) is 6.76. The second-order valence-corrected chi connectivity index (χ2v) is 7.70. The zero-order chi connectivity index (χ0) is 21.3. The second kappa shape index (κ2) is 8.03. The van der Waals surface area contributed by atoms with Crippen molar-refractivity contribution in [2.75, 3.05) is 5.32 Å². The van der Waals surface area contributed by atoms with Crippen LogP contribution in [0.15, 0.2) is 52.6 Å². The molecule has 0 atom stereocenters. The summed E-state index contributed by atoms with van der Waals surface area (Å²) in [6.45, 7) is 3.43. The third-order valence-electron chi connectivity index (χ3n) is 4.61. The normalized spacial score (nSPS) is 10.9. The number of carbonyl (C=O) groups excluding carboxylic acids is 1. The molecule has 0 saturated heterocycles. The molecule has 1 amide bonds. The highest BCUT2D eigenvalue weighted by molar-refractivity contribution is 7.13. The van der Waals surface area contributed by atoms with Crippen molar-refractivity contribution in [3.63, 3.8) is 0 Å². The van der Waals surface area contributed by atoms with Crippen LogP contribution < -0.4 is 10.9 Å². The number of halogens is 1. The van der Waals surface area contributed by atoms with Gasteiger partial charge in [0.15, 0.2) is 0 Å². The molecule has 0 aliphatic rings. The van der Waals surface area contributed by atoms with Crippen LogP contribution >= 0.6 is 11.3 Å². The van der Waals surface area contributed by atoms with Crippen LogP contribution in [0.3, 0.4) is 0 Å². The number of nitrogens with zero attached hydrogens (tertiary/aromatic N) is 3.